The molecule has 0 bridgehead atoms. The summed E-state index contributed by atoms with van der Waals surface area (Å²) in [6, 6.07) is -0.0558. The third-order valence-corrected chi connectivity index (χ3v) is 4.04. The van der Waals surface area contributed by atoms with Gasteiger partial charge in [0.05, 0.1) is 17.6 Å². The van der Waals surface area contributed by atoms with Crippen LogP contribution in [-0.2, 0) is 0 Å². The Hall–Kier alpha value is -2.68. The predicted octanol–water partition coefficient (Wildman–Crippen LogP) is 3.91. The summed E-state index contributed by atoms with van der Waals surface area (Å²) in [6.45, 7) is 6.65. The summed E-state index contributed by atoms with van der Waals surface area (Å²) in [5.74, 6) is -0.105. The number of hydrogen-bond donors (Lipinski definition) is 1. The summed E-state index contributed by atoms with van der Waals surface area (Å²) >= 11 is 6.03. The van der Waals surface area contributed by atoms with E-state index in [4.69, 9.17) is 11.6 Å². The highest BCUT2D eigenvalue weighted by atomic mass is 35.5. The summed E-state index contributed by atoms with van der Waals surface area (Å²) in [6.07, 6.45) is 0.197. The van der Waals surface area contributed by atoms with E-state index < -0.39 is 12.2 Å². The summed E-state index contributed by atoms with van der Waals surface area (Å²) in [5.41, 5.74) is 2.58. The molecule has 1 N–H and O–H groups in total. The molecule has 1 atom stereocenters. The second-order valence-electron chi connectivity index (χ2n) is 5.65. The minimum Gasteiger partial charge on any atom is -0.343 e. The van der Waals surface area contributed by atoms with Crippen molar-refractivity contribution in [1.29, 1.82) is 0 Å². The molecule has 3 rings (SSSR count). The van der Waals surface area contributed by atoms with Crippen LogP contribution in [-0.4, -0.2) is 36.8 Å². The fraction of sp³-hybridized carbons (Fsp3) is 0.250. The van der Waals surface area contributed by atoms with Crippen LogP contribution in [0.2, 0.25) is 5.02 Å². The molecule has 0 spiro atoms. The van der Waals surface area contributed by atoms with Crippen LogP contribution < -0.4 is 5.32 Å². The highest BCUT2D eigenvalue weighted by Gasteiger charge is 2.36. The SMILES string of the molecule is C=C(c1ccn2ncc(Cl)c2n1)c1cnc(N[C@H](C)C(F)(F)F)nc1C. The van der Waals surface area contributed by atoms with Crippen molar-refractivity contribution in [2.75, 3.05) is 5.32 Å². The minimum absolute atomic E-state index is 0.105. The highest BCUT2D eigenvalue weighted by molar-refractivity contribution is 6.33. The number of anilines is 1. The first-order chi connectivity index (χ1) is 12.2. The Labute approximate surface area is 151 Å². The van der Waals surface area contributed by atoms with Crippen molar-refractivity contribution < 1.29 is 13.2 Å². The molecular weight excluding hydrogens is 369 g/mol. The maximum Gasteiger partial charge on any atom is 0.408 e. The zero-order valence-electron chi connectivity index (χ0n) is 13.8. The van der Waals surface area contributed by atoms with E-state index in [0.717, 1.165) is 6.92 Å². The van der Waals surface area contributed by atoms with E-state index in [9.17, 15) is 13.2 Å². The molecule has 0 aliphatic rings. The first-order valence-electron chi connectivity index (χ1n) is 7.53. The molecule has 0 saturated carbocycles. The zero-order chi connectivity index (χ0) is 19.1. The van der Waals surface area contributed by atoms with Gasteiger partial charge in [0, 0.05) is 23.5 Å². The van der Waals surface area contributed by atoms with Crippen molar-refractivity contribution in [3.8, 4) is 0 Å². The van der Waals surface area contributed by atoms with E-state index in [0.29, 0.717) is 33.2 Å². The Balaban J connectivity index is 1.88. The van der Waals surface area contributed by atoms with Crippen molar-refractivity contribution in [2.45, 2.75) is 26.1 Å². The number of nitrogens with zero attached hydrogens (tertiary/aromatic N) is 5. The monoisotopic (exact) mass is 382 g/mol. The van der Waals surface area contributed by atoms with Crippen molar-refractivity contribution in [3.63, 3.8) is 0 Å². The van der Waals surface area contributed by atoms with Gasteiger partial charge < -0.3 is 5.32 Å². The summed E-state index contributed by atoms with van der Waals surface area (Å²) < 4.78 is 39.4. The standard InChI is InChI=1S/C16H14ClF3N6/c1-8(13-4-5-26-14(25-13)12(17)7-22-26)11-6-21-15(23-9(11)2)24-10(3)16(18,19)20/h4-7,10H,1H2,2-3H3,(H,21,23,24)/t10-/m1/s1. The Morgan fingerprint density at radius 2 is 2.04 bits per heavy atom. The van der Waals surface area contributed by atoms with Gasteiger partial charge in [-0.15, -0.1) is 0 Å². The molecule has 26 heavy (non-hydrogen) atoms. The molecule has 136 valence electrons. The van der Waals surface area contributed by atoms with E-state index in [1.165, 1.54) is 16.9 Å². The van der Waals surface area contributed by atoms with Crippen LogP contribution in [0.5, 0.6) is 0 Å². The maximum atomic E-state index is 12.6. The third kappa shape index (κ3) is 3.48. The molecule has 0 saturated heterocycles. The largest absolute Gasteiger partial charge is 0.408 e. The number of aryl methyl sites for hydroxylation is 1. The lowest BCUT2D eigenvalue weighted by Crippen LogP contribution is -2.33. The number of hydrogen-bond acceptors (Lipinski definition) is 5. The van der Waals surface area contributed by atoms with Gasteiger partial charge in [-0.25, -0.2) is 19.5 Å². The van der Waals surface area contributed by atoms with Crippen LogP contribution in [0.3, 0.4) is 0 Å². The Bertz CT molecular complexity index is 982. The van der Waals surface area contributed by atoms with E-state index in [1.54, 1.807) is 19.2 Å². The van der Waals surface area contributed by atoms with Gasteiger partial charge in [0.2, 0.25) is 5.95 Å². The fourth-order valence-corrected chi connectivity index (χ4v) is 2.43. The molecule has 6 nitrogen and oxygen atoms in total. The molecule has 0 fully saturated rings. The molecule has 0 aliphatic heterocycles. The molecule has 0 unspecified atom stereocenters. The molecule has 3 aromatic heterocycles. The third-order valence-electron chi connectivity index (χ3n) is 3.78. The Kier molecular flexibility index (Phi) is 4.57. The quantitative estimate of drug-likeness (QED) is 0.741. The minimum atomic E-state index is -4.39. The van der Waals surface area contributed by atoms with E-state index in [1.807, 2.05) is 0 Å². The average Bonchev–Trinajstić information content (AvgIpc) is 2.94. The van der Waals surface area contributed by atoms with Crippen LogP contribution in [0, 0.1) is 6.92 Å². The first-order valence-corrected chi connectivity index (χ1v) is 7.91. The Morgan fingerprint density at radius 3 is 2.69 bits per heavy atom. The van der Waals surface area contributed by atoms with Crippen LogP contribution in [0.1, 0.15) is 23.9 Å². The number of alkyl halides is 3. The number of rotatable bonds is 4. The first kappa shape index (κ1) is 18.1. The summed E-state index contributed by atoms with van der Waals surface area (Å²) in [5, 5.41) is 6.67. The molecule has 0 aliphatic carbocycles. The van der Waals surface area contributed by atoms with Gasteiger partial charge in [-0.05, 0) is 19.9 Å². The lowest BCUT2D eigenvalue weighted by atomic mass is 10.1. The number of fused-ring (bicyclic) bond motifs is 1. The van der Waals surface area contributed by atoms with Crippen molar-refractivity contribution in [1.82, 2.24) is 24.6 Å². The van der Waals surface area contributed by atoms with Gasteiger partial charge in [0.15, 0.2) is 5.65 Å². The maximum absolute atomic E-state index is 12.6. The van der Waals surface area contributed by atoms with Crippen molar-refractivity contribution >= 4 is 28.8 Å². The summed E-state index contributed by atoms with van der Waals surface area (Å²) in [4.78, 5) is 12.4. The van der Waals surface area contributed by atoms with Crippen molar-refractivity contribution in [2.24, 2.45) is 0 Å². The lowest BCUT2D eigenvalue weighted by Gasteiger charge is -2.17. The molecule has 0 amide bonds. The van der Waals surface area contributed by atoms with Gasteiger partial charge in [-0.3, -0.25) is 0 Å². The van der Waals surface area contributed by atoms with Gasteiger partial charge in [-0.1, -0.05) is 18.2 Å². The Morgan fingerprint density at radius 1 is 1.31 bits per heavy atom. The topological polar surface area (TPSA) is 68.0 Å². The van der Waals surface area contributed by atoms with Gasteiger partial charge in [-0.2, -0.15) is 18.3 Å². The van der Waals surface area contributed by atoms with Crippen molar-refractivity contribution in [3.05, 3.63) is 53.2 Å². The van der Waals surface area contributed by atoms with Crippen LogP contribution in [0.15, 0.2) is 31.2 Å². The van der Waals surface area contributed by atoms with E-state index >= 15 is 0 Å². The molecule has 0 aromatic carbocycles. The molecule has 10 heteroatoms. The molecule has 0 radical (unpaired) electrons. The fourth-order valence-electron chi connectivity index (χ4n) is 2.26. The average molecular weight is 383 g/mol. The van der Waals surface area contributed by atoms with Crippen LogP contribution in [0.25, 0.3) is 11.2 Å². The van der Waals surface area contributed by atoms with Gasteiger partial charge >= 0.3 is 6.18 Å². The lowest BCUT2D eigenvalue weighted by molar-refractivity contribution is -0.138. The van der Waals surface area contributed by atoms with E-state index in [-0.39, 0.29) is 5.95 Å². The smallest absolute Gasteiger partial charge is 0.343 e. The summed E-state index contributed by atoms with van der Waals surface area (Å²) in [7, 11) is 0. The molecular formula is C16H14ClF3N6. The predicted molar refractivity (Wildman–Crippen MR) is 92.0 cm³/mol. The second-order valence-corrected chi connectivity index (χ2v) is 6.06. The van der Waals surface area contributed by atoms with Gasteiger partial charge in [0.1, 0.15) is 11.1 Å². The van der Waals surface area contributed by atoms with Crippen LogP contribution in [0.4, 0.5) is 19.1 Å². The number of aromatic nitrogens is 5. The van der Waals surface area contributed by atoms with E-state index in [2.05, 4.69) is 31.9 Å². The normalized spacial score (nSPS) is 13.0. The molecule has 3 heterocycles. The number of halogens is 4. The zero-order valence-corrected chi connectivity index (χ0v) is 14.6. The van der Waals surface area contributed by atoms with Gasteiger partial charge in [0.25, 0.3) is 0 Å². The molecule has 3 aromatic rings. The number of nitrogens with one attached hydrogen (secondary N) is 1. The highest BCUT2D eigenvalue weighted by Crippen LogP contribution is 2.26. The van der Waals surface area contributed by atoms with Crippen LogP contribution >= 0.6 is 11.6 Å². The second kappa shape index (κ2) is 6.56.